The quantitative estimate of drug-likeness (QED) is 0.616. The lowest BCUT2D eigenvalue weighted by atomic mass is 10.1. The average molecular weight is 403 g/mol. The van der Waals surface area contributed by atoms with Crippen molar-refractivity contribution in [2.24, 2.45) is 7.05 Å². The van der Waals surface area contributed by atoms with Gasteiger partial charge in [0, 0.05) is 16.9 Å². The summed E-state index contributed by atoms with van der Waals surface area (Å²) in [6.45, 7) is 3.54. The van der Waals surface area contributed by atoms with Gasteiger partial charge in [-0.2, -0.15) is 5.10 Å². The molecule has 1 aromatic heterocycles. The zero-order valence-corrected chi connectivity index (χ0v) is 15.4. The molecule has 0 aliphatic carbocycles. The lowest BCUT2D eigenvalue weighted by Gasteiger charge is -2.25. The molecular formula is C15H17BrClN3O3. The molecule has 0 fully saturated rings. The Morgan fingerprint density at radius 3 is 2.78 bits per heavy atom. The largest absolute Gasteiger partial charge is 0.462 e. The summed E-state index contributed by atoms with van der Waals surface area (Å²) in [5.41, 5.74) is 0.431. The molecule has 1 aromatic carbocycles. The van der Waals surface area contributed by atoms with E-state index in [0.29, 0.717) is 5.69 Å². The number of esters is 1. The highest BCUT2D eigenvalue weighted by Gasteiger charge is 2.26. The summed E-state index contributed by atoms with van der Waals surface area (Å²) in [7, 11) is 1.78. The molecule has 124 valence electrons. The Morgan fingerprint density at radius 2 is 2.13 bits per heavy atom. The predicted molar refractivity (Wildman–Crippen MR) is 91.6 cm³/mol. The predicted octanol–water partition coefficient (Wildman–Crippen LogP) is 2.63. The summed E-state index contributed by atoms with van der Waals surface area (Å²) < 4.78 is 7.54. The van der Waals surface area contributed by atoms with Gasteiger partial charge >= 0.3 is 5.97 Å². The Morgan fingerprint density at radius 1 is 1.43 bits per heavy atom. The Balaban J connectivity index is 2.19. The molecule has 0 saturated heterocycles. The first-order valence-corrected chi connectivity index (χ1v) is 8.22. The molecule has 0 saturated carbocycles. The number of alkyl halides is 1. The maximum atomic E-state index is 12.5. The number of aryl methyl sites for hydroxylation is 1. The van der Waals surface area contributed by atoms with Crippen LogP contribution in [0, 0.1) is 0 Å². The molecule has 0 aliphatic heterocycles. The van der Waals surface area contributed by atoms with Crippen LogP contribution in [0.25, 0.3) is 10.9 Å². The molecule has 0 atom stereocenters. The normalized spacial score (nSPS) is 11.5. The number of halogens is 2. The van der Waals surface area contributed by atoms with Crippen LogP contribution < -0.4 is 5.32 Å². The number of nitrogens with one attached hydrogen (secondary N) is 1. The maximum Gasteiger partial charge on any atom is 0.320 e. The van der Waals surface area contributed by atoms with Gasteiger partial charge in [-0.05, 0) is 32.0 Å². The van der Waals surface area contributed by atoms with Crippen molar-refractivity contribution in [3.63, 3.8) is 0 Å². The van der Waals surface area contributed by atoms with Crippen molar-refractivity contribution < 1.29 is 14.3 Å². The minimum atomic E-state index is -0.738. The average Bonchev–Trinajstić information content (AvgIpc) is 2.81. The minimum absolute atomic E-state index is 0.0284. The number of benzene rings is 1. The Kier molecular flexibility index (Phi) is 5.31. The summed E-state index contributed by atoms with van der Waals surface area (Å²) in [5.74, 6) is -1.07. The number of amides is 1. The van der Waals surface area contributed by atoms with E-state index >= 15 is 0 Å². The number of hydrogen-bond acceptors (Lipinski definition) is 4. The molecule has 2 rings (SSSR count). The van der Waals surface area contributed by atoms with Gasteiger partial charge in [-0.25, -0.2) is 0 Å². The van der Waals surface area contributed by atoms with Crippen LogP contribution in [0.1, 0.15) is 24.3 Å². The first-order valence-electron chi connectivity index (χ1n) is 6.90. The number of hydrogen-bond donors (Lipinski definition) is 1. The van der Waals surface area contributed by atoms with E-state index in [0.717, 1.165) is 15.4 Å². The number of fused-ring (bicyclic) bond motifs is 1. The van der Waals surface area contributed by atoms with Crippen molar-refractivity contribution in [3.05, 3.63) is 28.4 Å². The van der Waals surface area contributed by atoms with Crippen LogP contribution in [0.4, 0.5) is 0 Å². The molecule has 0 aliphatic rings. The lowest BCUT2D eigenvalue weighted by Crippen LogP contribution is -2.47. The molecule has 6 nitrogen and oxygen atoms in total. The van der Waals surface area contributed by atoms with Gasteiger partial charge in [-0.15, -0.1) is 11.6 Å². The van der Waals surface area contributed by atoms with Crippen LogP contribution in [0.5, 0.6) is 0 Å². The van der Waals surface area contributed by atoms with Gasteiger partial charge in [0.1, 0.15) is 12.5 Å². The Hall–Kier alpha value is -1.60. The molecule has 2 aromatic rings. The molecule has 0 bridgehead atoms. The van der Waals surface area contributed by atoms with Crippen LogP contribution in [0.3, 0.4) is 0 Å². The highest BCUT2D eigenvalue weighted by Crippen LogP contribution is 2.22. The van der Waals surface area contributed by atoms with E-state index in [1.54, 1.807) is 25.6 Å². The van der Waals surface area contributed by atoms with Gasteiger partial charge in [-0.1, -0.05) is 15.9 Å². The first-order chi connectivity index (χ1) is 10.7. The summed E-state index contributed by atoms with van der Waals surface area (Å²) >= 11 is 8.79. The summed E-state index contributed by atoms with van der Waals surface area (Å²) in [4.78, 5) is 23.7. The van der Waals surface area contributed by atoms with Crippen molar-refractivity contribution in [1.82, 2.24) is 15.1 Å². The van der Waals surface area contributed by atoms with E-state index in [-0.39, 0.29) is 18.4 Å². The smallest absolute Gasteiger partial charge is 0.320 e. The molecule has 0 radical (unpaired) electrons. The lowest BCUT2D eigenvalue weighted by molar-refractivity contribution is -0.142. The fourth-order valence-corrected chi connectivity index (χ4v) is 2.53. The molecule has 1 N–H and O–H groups in total. The summed E-state index contributed by atoms with van der Waals surface area (Å²) in [6.07, 6.45) is 0. The number of rotatable bonds is 5. The van der Waals surface area contributed by atoms with E-state index in [4.69, 9.17) is 16.3 Å². The van der Waals surface area contributed by atoms with Gasteiger partial charge in [0.05, 0.1) is 11.1 Å². The first kappa shape index (κ1) is 17.7. The molecule has 1 amide bonds. The van der Waals surface area contributed by atoms with E-state index < -0.39 is 11.5 Å². The van der Waals surface area contributed by atoms with E-state index in [1.807, 2.05) is 18.2 Å². The molecule has 1 heterocycles. The third kappa shape index (κ3) is 4.23. The fourth-order valence-electron chi connectivity index (χ4n) is 2.10. The second-order valence-electron chi connectivity index (χ2n) is 5.77. The SMILES string of the molecule is Cn1nc(C(=O)NC(C)(C)COC(=O)CCl)c2ccc(Br)cc21. The molecule has 0 spiro atoms. The van der Waals surface area contributed by atoms with E-state index in [9.17, 15) is 9.59 Å². The third-order valence-corrected chi connectivity index (χ3v) is 3.90. The van der Waals surface area contributed by atoms with Crippen LogP contribution in [-0.4, -0.2) is 39.7 Å². The second kappa shape index (κ2) is 6.88. The topological polar surface area (TPSA) is 73.2 Å². The second-order valence-corrected chi connectivity index (χ2v) is 6.95. The van der Waals surface area contributed by atoms with Gasteiger partial charge in [0.25, 0.3) is 5.91 Å². The van der Waals surface area contributed by atoms with Crippen molar-refractivity contribution >= 4 is 50.3 Å². The van der Waals surface area contributed by atoms with Gasteiger partial charge in [0.15, 0.2) is 5.69 Å². The van der Waals surface area contributed by atoms with Gasteiger partial charge in [0.2, 0.25) is 0 Å². The van der Waals surface area contributed by atoms with Crippen LogP contribution in [-0.2, 0) is 16.6 Å². The molecule has 0 unspecified atom stereocenters. The maximum absolute atomic E-state index is 12.5. The van der Waals surface area contributed by atoms with Crippen molar-refractivity contribution in [2.75, 3.05) is 12.5 Å². The highest BCUT2D eigenvalue weighted by atomic mass is 79.9. The highest BCUT2D eigenvalue weighted by molar-refractivity contribution is 9.10. The summed E-state index contributed by atoms with van der Waals surface area (Å²) in [5, 5.41) is 7.86. The number of aromatic nitrogens is 2. The molecular weight excluding hydrogens is 386 g/mol. The molecule has 23 heavy (non-hydrogen) atoms. The van der Waals surface area contributed by atoms with Crippen molar-refractivity contribution in [1.29, 1.82) is 0 Å². The zero-order valence-electron chi connectivity index (χ0n) is 13.0. The Bertz CT molecular complexity index is 758. The van der Waals surface area contributed by atoms with E-state index in [2.05, 4.69) is 26.3 Å². The zero-order chi connectivity index (χ0) is 17.2. The van der Waals surface area contributed by atoms with Crippen LogP contribution in [0.2, 0.25) is 0 Å². The number of carbonyl (C=O) groups is 2. The fraction of sp³-hybridized carbons (Fsp3) is 0.400. The van der Waals surface area contributed by atoms with Crippen molar-refractivity contribution in [2.45, 2.75) is 19.4 Å². The van der Waals surface area contributed by atoms with E-state index in [1.165, 1.54) is 0 Å². The number of carbonyl (C=O) groups excluding carboxylic acids is 2. The molecule has 8 heteroatoms. The number of nitrogens with zero attached hydrogens (tertiary/aromatic N) is 2. The standard InChI is InChI=1S/C15H17BrClN3O3/c1-15(2,8-23-12(21)7-17)18-14(22)13-10-5-4-9(16)6-11(10)20(3)19-13/h4-6H,7-8H2,1-3H3,(H,18,22). The van der Waals surface area contributed by atoms with Crippen LogP contribution in [0.15, 0.2) is 22.7 Å². The van der Waals surface area contributed by atoms with Crippen molar-refractivity contribution in [3.8, 4) is 0 Å². The van der Waals surface area contributed by atoms with Crippen LogP contribution >= 0.6 is 27.5 Å². The summed E-state index contributed by atoms with van der Waals surface area (Å²) in [6, 6.07) is 5.59. The minimum Gasteiger partial charge on any atom is -0.462 e. The third-order valence-electron chi connectivity index (χ3n) is 3.18. The van der Waals surface area contributed by atoms with Gasteiger partial charge < -0.3 is 10.1 Å². The number of ether oxygens (including phenoxy) is 1. The monoisotopic (exact) mass is 401 g/mol. The Labute approximate surface area is 147 Å². The van der Waals surface area contributed by atoms with Gasteiger partial charge in [-0.3, -0.25) is 14.3 Å².